The number of rotatable bonds is 10. The van der Waals surface area contributed by atoms with Crippen LogP contribution in [0.25, 0.3) is 37.9 Å². The van der Waals surface area contributed by atoms with Gasteiger partial charge in [-0.15, -0.1) is 11.3 Å². The number of hydrogen-bond donors (Lipinski definition) is 1. The lowest BCUT2D eigenvalue weighted by molar-refractivity contribution is -0.131. The first-order valence-corrected chi connectivity index (χ1v) is 12.8. The lowest BCUT2D eigenvalue weighted by Gasteiger charge is -2.19. The quantitative estimate of drug-likeness (QED) is 0.219. The normalized spacial score (nSPS) is 11.9. The molecule has 0 aliphatic rings. The maximum Gasteiger partial charge on any atom is 0.328 e. The minimum absolute atomic E-state index is 0.0720. The molecule has 0 fully saturated rings. The Morgan fingerprint density at radius 2 is 1.81 bits per heavy atom. The zero-order valence-electron chi connectivity index (χ0n) is 20.3. The van der Waals surface area contributed by atoms with Gasteiger partial charge in [-0.05, 0) is 65.4 Å². The van der Waals surface area contributed by atoms with Crippen molar-refractivity contribution >= 4 is 33.0 Å². The highest BCUT2D eigenvalue weighted by Crippen LogP contribution is 2.43. The Bertz CT molecular complexity index is 1390. The highest BCUT2D eigenvalue weighted by Gasteiger charge is 2.19. The van der Waals surface area contributed by atoms with E-state index in [1.165, 1.54) is 17.4 Å². The molecule has 0 saturated carbocycles. The number of carboxylic acids is 1. The summed E-state index contributed by atoms with van der Waals surface area (Å²) in [5.41, 5.74) is 5.54. The Balaban J connectivity index is 1.94. The Morgan fingerprint density at radius 3 is 2.50 bits per heavy atom. The number of ether oxygens (including phenoxy) is 1. The molecule has 36 heavy (non-hydrogen) atoms. The zero-order valence-corrected chi connectivity index (χ0v) is 21.1. The van der Waals surface area contributed by atoms with Crippen LogP contribution in [0, 0.1) is 0 Å². The van der Waals surface area contributed by atoms with E-state index in [0.29, 0.717) is 11.3 Å². The van der Waals surface area contributed by atoms with Gasteiger partial charge >= 0.3 is 5.97 Å². The number of benzene rings is 3. The first-order chi connectivity index (χ1) is 17.4. The van der Waals surface area contributed by atoms with E-state index >= 15 is 0 Å². The molecule has 0 bridgehead atoms. The van der Waals surface area contributed by atoms with Crippen molar-refractivity contribution in [2.45, 2.75) is 39.5 Å². The third kappa shape index (κ3) is 5.82. The molecular weight excluding hydrogens is 478 g/mol. The highest BCUT2D eigenvalue weighted by atomic mass is 32.1. The van der Waals surface area contributed by atoms with Gasteiger partial charge in [-0.3, -0.25) is 0 Å². The first-order valence-electron chi connectivity index (χ1n) is 11.9. The molecular formula is C30H28F2O3S. The lowest BCUT2D eigenvalue weighted by atomic mass is 9.92. The maximum atomic E-state index is 12.9. The second-order valence-electron chi connectivity index (χ2n) is 8.65. The van der Waals surface area contributed by atoms with Crippen LogP contribution in [0.3, 0.4) is 0 Å². The number of hydrogen-bond acceptors (Lipinski definition) is 3. The van der Waals surface area contributed by atoms with Gasteiger partial charge in [0, 0.05) is 33.0 Å². The van der Waals surface area contributed by atoms with Crippen molar-refractivity contribution in [2.75, 3.05) is 6.61 Å². The summed E-state index contributed by atoms with van der Waals surface area (Å²) in [6.07, 6.45) is 0.0760. The smallest absolute Gasteiger partial charge is 0.328 e. The fraction of sp³-hybridized carbons (Fsp3) is 0.233. The van der Waals surface area contributed by atoms with Crippen LogP contribution in [0.1, 0.15) is 37.1 Å². The molecule has 1 N–H and O–H groups in total. The van der Waals surface area contributed by atoms with Crippen LogP contribution in [-0.2, 0) is 11.2 Å². The highest BCUT2D eigenvalue weighted by molar-refractivity contribution is 7.20. The molecule has 186 valence electrons. The van der Waals surface area contributed by atoms with Crippen molar-refractivity contribution in [2.24, 2.45) is 0 Å². The predicted molar refractivity (Wildman–Crippen MR) is 144 cm³/mol. The second kappa shape index (κ2) is 11.5. The molecule has 6 heteroatoms. The molecule has 0 unspecified atom stereocenters. The fourth-order valence-corrected chi connectivity index (χ4v) is 5.37. The molecule has 0 radical (unpaired) electrons. The van der Waals surface area contributed by atoms with E-state index in [1.807, 2.05) is 42.5 Å². The van der Waals surface area contributed by atoms with Gasteiger partial charge in [0.15, 0.2) is 0 Å². The van der Waals surface area contributed by atoms with Crippen LogP contribution in [0.5, 0.6) is 5.75 Å². The Hall–Kier alpha value is -3.51. The monoisotopic (exact) mass is 506 g/mol. The maximum absolute atomic E-state index is 12.9. The van der Waals surface area contributed by atoms with Crippen molar-refractivity contribution in [1.82, 2.24) is 0 Å². The van der Waals surface area contributed by atoms with Gasteiger partial charge in [-0.25, -0.2) is 13.6 Å². The number of aryl methyl sites for hydroxylation is 1. The summed E-state index contributed by atoms with van der Waals surface area (Å²) >= 11 is 1.53. The van der Waals surface area contributed by atoms with Crippen LogP contribution < -0.4 is 4.74 Å². The molecule has 0 amide bonds. The number of alkyl halides is 2. The topological polar surface area (TPSA) is 46.5 Å². The predicted octanol–water partition coefficient (Wildman–Crippen LogP) is 8.71. The number of aliphatic carboxylic acids is 1. The first kappa shape index (κ1) is 25.6. The van der Waals surface area contributed by atoms with E-state index in [2.05, 4.69) is 31.2 Å². The summed E-state index contributed by atoms with van der Waals surface area (Å²) in [6.45, 7) is 3.80. The molecule has 1 aromatic heterocycles. The minimum atomic E-state index is -2.43. The zero-order chi connectivity index (χ0) is 25.7. The molecule has 0 aliphatic carbocycles. The Labute approximate surface area is 213 Å². The number of carboxylic acid groups (broad SMARTS) is 1. The van der Waals surface area contributed by atoms with Crippen LogP contribution >= 0.6 is 11.3 Å². The van der Waals surface area contributed by atoms with E-state index < -0.39 is 12.4 Å². The van der Waals surface area contributed by atoms with Crippen molar-refractivity contribution in [3.63, 3.8) is 0 Å². The summed E-state index contributed by atoms with van der Waals surface area (Å²) < 4.78 is 33.0. The van der Waals surface area contributed by atoms with Crippen molar-refractivity contribution in [3.05, 3.63) is 83.2 Å². The van der Waals surface area contributed by atoms with E-state index in [9.17, 15) is 18.7 Å². The molecule has 3 aromatic carbocycles. The third-order valence-corrected chi connectivity index (χ3v) is 7.19. The van der Waals surface area contributed by atoms with Crippen molar-refractivity contribution < 1.29 is 23.4 Å². The fourth-order valence-electron chi connectivity index (χ4n) is 4.31. The van der Waals surface area contributed by atoms with E-state index in [1.54, 1.807) is 6.92 Å². The van der Waals surface area contributed by atoms with E-state index in [-0.39, 0.29) is 13.0 Å². The van der Waals surface area contributed by atoms with Gasteiger partial charge in [-0.2, -0.15) is 0 Å². The molecule has 1 heterocycles. The summed E-state index contributed by atoms with van der Waals surface area (Å²) in [5.74, 6) is -0.352. The average Bonchev–Trinajstić information content (AvgIpc) is 3.30. The molecule has 0 aliphatic heterocycles. The number of halogens is 2. The van der Waals surface area contributed by atoms with Crippen LogP contribution in [0.15, 0.2) is 72.8 Å². The van der Waals surface area contributed by atoms with Gasteiger partial charge in [0.05, 0.1) is 6.61 Å². The minimum Gasteiger partial charge on any atom is -0.492 e. The largest absolute Gasteiger partial charge is 0.492 e. The number of allylic oxidation sites excluding steroid dienone is 1. The molecule has 4 rings (SSSR count). The second-order valence-corrected chi connectivity index (χ2v) is 9.73. The summed E-state index contributed by atoms with van der Waals surface area (Å²) in [4.78, 5) is 12.1. The Kier molecular flexibility index (Phi) is 8.16. The van der Waals surface area contributed by atoms with E-state index in [0.717, 1.165) is 55.6 Å². The van der Waals surface area contributed by atoms with Gasteiger partial charge < -0.3 is 9.84 Å². The molecule has 0 atom stereocenters. The van der Waals surface area contributed by atoms with Gasteiger partial charge in [-0.1, -0.05) is 55.8 Å². The Morgan fingerprint density at radius 1 is 1.03 bits per heavy atom. The molecule has 0 saturated heterocycles. The average molecular weight is 507 g/mol. The van der Waals surface area contributed by atoms with E-state index in [4.69, 9.17) is 4.74 Å². The van der Waals surface area contributed by atoms with Crippen molar-refractivity contribution in [3.8, 4) is 28.0 Å². The van der Waals surface area contributed by atoms with Crippen LogP contribution in [0.2, 0.25) is 0 Å². The number of thiophene rings is 1. The van der Waals surface area contributed by atoms with Crippen LogP contribution in [-0.4, -0.2) is 24.1 Å². The lowest BCUT2D eigenvalue weighted by Crippen LogP contribution is -2.06. The molecule has 3 nitrogen and oxygen atoms in total. The van der Waals surface area contributed by atoms with Gasteiger partial charge in [0.2, 0.25) is 6.43 Å². The molecule has 4 aromatic rings. The number of fused-ring (bicyclic) bond motifs is 1. The summed E-state index contributed by atoms with van der Waals surface area (Å²) in [7, 11) is 0. The third-order valence-electron chi connectivity index (χ3n) is 5.96. The summed E-state index contributed by atoms with van der Waals surface area (Å²) in [6, 6.07) is 22.2. The van der Waals surface area contributed by atoms with Crippen molar-refractivity contribution in [1.29, 1.82) is 0 Å². The number of carbonyl (C=O) groups is 1. The van der Waals surface area contributed by atoms with Gasteiger partial charge in [0.25, 0.3) is 0 Å². The summed E-state index contributed by atoms with van der Waals surface area (Å²) in [5, 5.41) is 10.2. The van der Waals surface area contributed by atoms with Crippen LogP contribution in [0.4, 0.5) is 8.78 Å². The molecule has 0 spiro atoms. The van der Waals surface area contributed by atoms with Gasteiger partial charge in [0.1, 0.15) is 5.75 Å². The SMILES string of the molecule is CCCc1cc(-c2ccccc2)cc(-c2cccc3sc(C(C)=CC(=O)O)cc23)c1OCCC(F)F. The standard InChI is InChI=1S/C30H28F2O3S/c1-3-8-21-16-22(20-9-5-4-6-10-20)17-25(30(21)35-14-13-28(31)32)23-11-7-12-26-24(23)18-27(36-26)19(2)15-29(33)34/h4-7,9-12,15-18,28H,3,8,13-14H2,1-2H3,(H,33,34).